The van der Waals surface area contributed by atoms with Gasteiger partial charge in [-0.15, -0.1) is 0 Å². The molecule has 1 aromatic rings. The highest BCUT2D eigenvalue weighted by Gasteiger charge is 2.38. The fourth-order valence-electron chi connectivity index (χ4n) is 10.2. The molecule has 100 heavy (non-hydrogen) atoms. The van der Waals surface area contributed by atoms with E-state index in [0.29, 0.717) is 83.0 Å². The fourth-order valence-corrected chi connectivity index (χ4v) is 10.2. The molecule has 1 rings (SSSR count). The molecule has 0 bridgehead atoms. The first-order valence-electron chi connectivity index (χ1n) is 34.8. The van der Waals surface area contributed by atoms with Crippen molar-refractivity contribution in [1.29, 1.82) is 0 Å². The number of phenols is 1. The number of carbonyl (C=O) groups excluding carboxylic acids is 12. The van der Waals surface area contributed by atoms with Crippen LogP contribution in [0.3, 0.4) is 0 Å². The Labute approximate surface area is 587 Å². The molecule has 0 radical (unpaired) electrons. The molecule has 568 valence electrons. The Morgan fingerprint density at radius 3 is 1.05 bits per heavy atom. The van der Waals surface area contributed by atoms with E-state index in [1.807, 2.05) is 0 Å². The van der Waals surface area contributed by atoms with Crippen molar-refractivity contribution in [1.82, 2.24) is 63.8 Å². The molecule has 25 N–H and O–H groups in total. The quantitative estimate of drug-likeness (QED) is 0.0292. The number of carbonyl (C=O) groups is 13. The largest absolute Gasteiger partial charge is 0.508 e. The molecule has 0 aromatic heterocycles. The molecule has 0 saturated carbocycles. The van der Waals surface area contributed by atoms with Gasteiger partial charge < -0.3 is 108 Å². The lowest BCUT2D eigenvalue weighted by molar-refractivity contribution is -0.142. The number of phenolic OH excluding ortho intramolecular Hbond substituents is 1. The second-order valence-electron chi connectivity index (χ2n) is 27.0. The van der Waals surface area contributed by atoms with Gasteiger partial charge in [0.15, 0.2) is 0 Å². The Morgan fingerprint density at radius 2 is 0.650 bits per heavy atom. The van der Waals surface area contributed by atoms with E-state index in [2.05, 4.69) is 63.8 Å². The normalized spacial score (nSPS) is 15.6. The predicted molar refractivity (Wildman–Crippen MR) is 375 cm³/mol. The zero-order valence-corrected chi connectivity index (χ0v) is 60.5. The lowest BCUT2D eigenvalue weighted by Crippen LogP contribution is -2.62. The van der Waals surface area contributed by atoms with Crippen molar-refractivity contribution < 1.29 is 77.6 Å². The van der Waals surface area contributed by atoms with E-state index in [1.165, 1.54) is 52.0 Å². The van der Waals surface area contributed by atoms with Crippen LogP contribution in [0.4, 0.5) is 0 Å². The lowest BCUT2D eigenvalue weighted by Gasteiger charge is -2.30. The molecule has 0 saturated heterocycles. The zero-order valence-electron chi connectivity index (χ0n) is 60.5. The minimum atomic E-state index is -1.77. The average Bonchev–Trinajstić information content (AvgIpc) is 0.850. The van der Waals surface area contributed by atoms with Gasteiger partial charge in [0.05, 0.1) is 12.1 Å². The van der Waals surface area contributed by atoms with Gasteiger partial charge >= 0.3 is 5.97 Å². The number of nitrogens with two attached hydrogens (primary N) is 5. The first-order valence-corrected chi connectivity index (χ1v) is 34.8. The number of aliphatic carboxylic acids is 1. The summed E-state index contributed by atoms with van der Waals surface area (Å²) in [6.07, 6.45) is 2.94. The topological polar surface area (TPSA) is 557 Å². The average molecular weight is 1420 g/mol. The summed E-state index contributed by atoms with van der Waals surface area (Å²) in [5.41, 5.74) is 29.5. The Kier molecular flexibility index (Phi) is 42.3. The zero-order chi connectivity index (χ0) is 76.1. The number of hydrogen-bond donors (Lipinski definition) is 20. The Bertz CT molecular complexity index is 2790. The standard InChI is InChI=1S/C67H119N17O16/c1-35(2)33-49(61(93)75-41(11)67(99)100)79-64(96)52(37(5)6)82-62(94)50(34-43-25-27-44(86)28-26-43)80-66(98)54(42(12)85)84-56(88)40(10)73-55(87)39(9)74-63(95)51(36(3)4)83-65(97)53(38(7)8)81-60(92)48(24-16-20-32-71)78-59(91)47(23-15-19-31-70)77-58(90)46(22-14-18-30-69)76-57(89)45(72)21-13-17-29-68/h25-28,35-42,45-54,85-86H,13-24,29-34,68-72H2,1-12H3,(H,73,87)(H,74,95)(H,75,93)(H,76,89)(H,77,90)(H,78,91)(H,79,96)(H,80,98)(H,81,92)(H,82,94)(H,83,97)(H,84,88)(H,99,100)/t39-,40-,41-,42+,45-,46-,47-,48-,49-,50-,51-,52-,53-,54-/m0/s1. The second-order valence-corrected chi connectivity index (χ2v) is 27.0. The summed E-state index contributed by atoms with van der Waals surface area (Å²) in [5.74, 6) is -13.2. The van der Waals surface area contributed by atoms with E-state index in [9.17, 15) is 77.6 Å². The van der Waals surface area contributed by atoms with Gasteiger partial charge in [-0.2, -0.15) is 0 Å². The summed E-state index contributed by atoms with van der Waals surface area (Å²) < 4.78 is 0. The van der Waals surface area contributed by atoms with Gasteiger partial charge in [0.2, 0.25) is 70.9 Å². The van der Waals surface area contributed by atoms with Crippen LogP contribution in [-0.4, -0.2) is 203 Å². The number of aliphatic hydroxyl groups is 1. The van der Waals surface area contributed by atoms with Crippen LogP contribution in [0.1, 0.15) is 172 Å². The highest BCUT2D eigenvalue weighted by atomic mass is 16.4. The number of nitrogens with one attached hydrogen (secondary N) is 12. The molecule has 14 atom stereocenters. The summed E-state index contributed by atoms with van der Waals surface area (Å²) in [6, 6.07) is -11.4. The summed E-state index contributed by atoms with van der Waals surface area (Å²) >= 11 is 0. The van der Waals surface area contributed by atoms with Crippen LogP contribution >= 0.6 is 0 Å². The maximum atomic E-state index is 14.3. The molecule has 33 nitrogen and oxygen atoms in total. The molecule has 0 aliphatic rings. The van der Waals surface area contributed by atoms with Gasteiger partial charge in [0, 0.05) is 6.42 Å². The molecule has 0 aliphatic carbocycles. The van der Waals surface area contributed by atoms with Crippen molar-refractivity contribution in [3.63, 3.8) is 0 Å². The van der Waals surface area contributed by atoms with E-state index < -0.39 is 179 Å². The van der Waals surface area contributed by atoms with E-state index >= 15 is 0 Å². The summed E-state index contributed by atoms with van der Waals surface area (Å²) in [5, 5.41) is 61.3. The van der Waals surface area contributed by atoms with Crippen LogP contribution in [0, 0.1) is 23.7 Å². The third-order valence-corrected chi connectivity index (χ3v) is 16.4. The minimum absolute atomic E-state index is 0.0671. The number of benzene rings is 1. The first-order chi connectivity index (χ1) is 46.9. The molecule has 0 heterocycles. The highest BCUT2D eigenvalue weighted by Crippen LogP contribution is 2.16. The Morgan fingerprint density at radius 1 is 0.350 bits per heavy atom. The van der Waals surface area contributed by atoms with Crippen molar-refractivity contribution in [2.45, 2.75) is 258 Å². The number of aliphatic hydroxyl groups excluding tert-OH is 1. The fraction of sp³-hybridized carbons (Fsp3) is 0.716. The Balaban J connectivity index is 3.37. The van der Waals surface area contributed by atoms with Gasteiger partial charge in [-0.25, -0.2) is 0 Å². The van der Waals surface area contributed by atoms with Gasteiger partial charge in [0.25, 0.3) is 0 Å². The first kappa shape index (κ1) is 89.9. The Hall–Kier alpha value is -8.11. The van der Waals surface area contributed by atoms with Gasteiger partial charge in [-0.05, 0) is 172 Å². The van der Waals surface area contributed by atoms with Crippen molar-refractivity contribution >= 4 is 76.9 Å². The highest BCUT2D eigenvalue weighted by molar-refractivity contribution is 6.00. The number of aromatic hydroxyl groups is 1. The molecular formula is C67H119N17O16. The lowest BCUT2D eigenvalue weighted by atomic mass is 9.98. The van der Waals surface area contributed by atoms with E-state index in [1.54, 1.807) is 55.4 Å². The number of unbranched alkanes of at least 4 members (excludes halogenated alkanes) is 4. The predicted octanol–water partition coefficient (Wildman–Crippen LogP) is -2.87. The van der Waals surface area contributed by atoms with E-state index in [-0.39, 0.29) is 50.3 Å². The van der Waals surface area contributed by atoms with Gasteiger partial charge in [-0.3, -0.25) is 62.3 Å². The molecular weight excluding hydrogens is 1300 g/mol. The van der Waals surface area contributed by atoms with Crippen molar-refractivity contribution in [2.75, 3.05) is 26.2 Å². The molecule has 1 aromatic carbocycles. The number of hydrogen-bond acceptors (Lipinski definition) is 20. The molecule has 12 amide bonds. The van der Waals surface area contributed by atoms with Crippen molar-refractivity contribution in [3.05, 3.63) is 29.8 Å². The SMILES string of the molecule is CC(C)C[C@H](NC(=O)[C@@H](NC(=O)[C@H](Cc1ccc(O)cc1)NC(=O)[C@@H](NC(=O)[C@H](C)NC(=O)[C@H](C)NC(=O)[C@@H](NC(=O)[C@@H](NC(=O)[C@H](CCCCN)NC(=O)[C@H](CCCCN)NC(=O)[C@H](CCCCN)NC(=O)[C@@H](N)CCCCN)C(C)C)C(C)C)[C@@H](C)O)C(C)C)C(=O)N[C@@H](C)C(=O)O. The maximum absolute atomic E-state index is 14.3. The van der Waals surface area contributed by atoms with Crippen molar-refractivity contribution in [2.24, 2.45) is 52.3 Å². The molecule has 0 spiro atoms. The van der Waals surface area contributed by atoms with Gasteiger partial charge in [0.1, 0.15) is 78.3 Å². The van der Waals surface area contributed by atoms with Crippen LogP contribution in [-0.2, 0) is 68.7 Å². The molecule has 0 unspecified atom stereocenters. The number of amides is 12. The third kappa shape index (κ3) is 33.4. The van der Waals surface area contributed by atoms with Crippen LogP contribution in [0.2, 0.25) is 0 Å². The van der Waals surface area contributed by atoms with E-state index in [0.717, 1.165) is 0 Å². The monoisotopic (exact) mass is 1420 g/mol. The maximum Gasteiger partial charge on any atom is 0.325 e. The smallest absolute Gasteiger partial charge is 0.325 e. The van der Waals surface area contributed by atoms with Gasteiger partial charge in [-0.1, -0.05) is 73.9 Å². The van der Waals surface area contributed by atoms with Crippen LogP contribution in [0.15, 0.2) is 24.3 Å². The minimum Gasteiger partial charge on any atom is -0.508 e. The van der Waals surface area contributed by atoms with Crippen LogP contribution in [0.25, 0.3) is 0 Å². The summed E-state index contributed by atoms with van der Waals surface area (Å²) in [6.45, 7) is 19.6. The number of carboxylic acid groups (broad SMARTS) is 1. The number of carboxylic acids is 1. The molecule has 0 aliphatic heterocycles. The second kappa shape index (κ2) is 47.1. The summed E-state index contributed by atoms with van der Waals surface area (Å²) in [4.78, 5) is 178. The van der Waals surface area contributed by atoms with Crippen LogP contribution in [0.5, 0.6) is 5.75 Å². The van der Waals surface area contributed by atoms with Crippen LogP contribution < -0.4 is 92.5 Å². The van der Waals surface area contributed by atoms with E-state index in [4.69, 9.17) is 28.7 Å². The number of rotatable bonds is 49. The summed E-state index contributed by atoms with van der Waals surface area (Å²) in [7, 11) is 0. The molecule has 0 fully saturated rings. The van der Waals surface area contributed by atoms with Crippen molar-refractivity contribution in [3.8, 4) is 5.75 Å². The molecule has 33 heteroatoms. The third-order valence-electron chi connectivity index (χ3n) is 16.4.